The fourth-order valence-corrected chi connectivity index (χ4v) is 4.17. The van der Waals surface area contributed by atoms with Gasteiger partial charge in [0.1, 0.15) is 0 Å². The van der Waals surface area contributed by atoms with Crippen LogP contribution in [0.15, 0.2) is 45.1 Å². The van der Waals surface area contributed by atoms with Crippen LogP contribution in [-0.2, 0) is 5.75 Å². The molecule has 0 aliphatic heterocycles. The molecule has 2 rings (SSSR count). The molecule has 0 atom stereocenters. The molecule has 1 aromatic carbocycles. The molecule has 1 aromatic heterocycles. The Kier molecular flexibility index (Phi) is 5.76. The van der Waals surface area contributed by atoms with Crippen molar-refractivity contribution in [3.8, 4) is 0 Å². The van der Waals surface area contributed by atoms with Gasteiger partial charge in [-0.3, -0.25) is 0 Å². The van der Waals surface area contributed by atoms with Gasteiger partial charge in [-0.25, -0.2) is 0 Å². The molecule has 0 aliphatic carbocycles. The lowest BCUT2D eigenvalue weighted by atomic mass is 10.2. The first-order chi connectivity index (χ1) is 9.13. The van der Waals surface area contributed by atoms with Crippen LogP contribution in [-0.4, -0.2) is 16.0 Å². The van der Waals surface area contributed by atoms with Gasteiger partial charge in [0.05, 0.1) is 0 Å². The molecular weight excluding hydrogens is 316 g/mol. The maximum Gasteiger partial charge on any atom is 0.175 e. The predicted octanol–water partition coefficient (Wildman–Crippen LogP) is 5.15. The summed E-state index contributed by atoms with van der Waals surface area (Å²) in [5.74, 6) is 1.79. The summed E-state index contributed by atoms with van der Waals surface area (Å²) in [6.45, 7) is 5.90. The molecule has 0 aliphatic rings. The summed E-state index contributed by atoms with van der Waals surface area (Å²) in [7, 11) is 0. The molecule has 0 radical (unpaired) electrons. The molecule has 0 N–H and O–H groups in total. The third-order valence-electron chi connectivity index (χ3n) is 2.11. The normalized spacial score (nSPS) is 10.6. The molecular formula is C13H13ClN2S3. The summed E-state index contributed by atoms with van der Waals surface area (Å²) >= 11 is 10.9. The molecule has 0 unspecified atom stereocenters. The molecule has 0 saturated carbocycles. The number of rotatable bonds is 6. The van der Waals surface area contributed by atoms with E-state index in [1.54, 1.807) is 34.9 Å². The molecule has 6 heteroatoms. The lowest BCUT2D eigenvalue weighted by Crippen LogP contribution is -1.79. The fraction of sp³-hybridized carbons (Fsp3) is 0.231. The molecule has 0 spiro atoms. The highest BCUT2D eigenvalue weighted by Gasteiger charge is 2.05. The van der Waals surface area contributed by atoms with Gasteiger partial charge in [0.15, 0.2) is 8.68 Å². The summed E-state index contributed by atoms with van der Waals surface area (Å²) in [5.41, 5.74) is 2.39. The monoisotopic (exact) mass is 328 g/mol. The fourth-order valence-electron chi connectivity index (χ4n) is 1.22. The van der Waals surface area contributed by atoms with E-state index < -0.39 is 0 Å². The Labute approximate surface area is 130 Å². The van der Waals surface area contributed by atoms with Gasteiger partial charge < -0.3 is 0 Å². The number of hydrogen-bond acceptors (Lipinski definition) is 5. The molecule has 0 bridgehead atoms. The van der Waals surface area contributed by atoms with Crippen LogP contribution in [0.25, 0.3) is 0 Å². The molecule has 0 amide bonds. The molecule has 2 aromatic rings. The van der Waals surface area contributed by atoms with Gasteiger partial charge in [-0.1, -0.05) is 70.7 Å². The zero-order chi connectivity index (χ0) is 13.7. The van der Waals surface area contributed by atoms with Crippen molar-refractivity contribution in [2.45, 2.75) is 21.4 Å². The summed E-state index contributed by atoms with van der Waals surface area (Å²) in [6, 6.07) is 7.89. The van der Waals surface area contributed by atoms with E-state index in [0.29, 0.717) is 0 Å². The van der Waals surface area contributed by atoms with Gasteiger partial charge in [-0.2, -0.15) is 0 Å². The second-order valence-electron chi connectivity index (χ2n) is 3.99. The number of nitrogens with zero attached hydrogens (tertiary/aromatic N) is 2. The van der Waals surface area contributed by atoms with Crippen LogP contribution in [0.5, 0.6) is 0 Å². The van der Waals surface area contributed by atoms with Crippen LogP contribution in [0, 0.1) is 0 Å². The van der Waals surface area contributed by atoms with E-state index in [1.165, 1.54) is 5.56 Å². The molecule has 0 saturated heterocycles. The standard InChI is InChI=1S/C13H13ClN2S3/c1-9(2)7-17-12-15-16-13(19-12)18-8-10-3-5-11(14)6-4-10/h3-6H,1,7-8H2,2H3. The van der Waals surface area contributed by atoms with Crippen LogP contribution < -0.4 is 0 Å². The quantitative estimate of drug-likeness (QED) is 0.541. The van der Waals surface area contributed by atoms with Crippen molar-refractivity contribution in [3.05, 3.63) is 47.0 Å². The Morgan fingerprint density at radius 2 is 1.84 bits per heavy atom. The highest BCUT2D eigenvalue weighted by Crippen LogP contribution is 2.31. The van der Waals surface area contributed by atoms with Crippen molar-refractivity contribution in [2.75, 3.05) is 5.75 Å². The van der Waals surface area contributed by atoms with Gasteiger partial charge in [0.25, 0.3) is 0 Å². The Morgan fingerprint density at radius 3 is 2.47 bits per heavy atom. The van der Waals surface area contributed by atoms with Gasteiger partial charge in [-0.15, -0.1) is 10.2 Å². The molecule has 100 valence electrons. The summed E-state index contributed by atoms with van der Waals surface area (Å²) < 4.78 is 2.00. The van der Waals surface area contributed by atoms with Crippen molar-refractivity contribution in [1.82, 2.24) is 10.2 Å². The smallest absolute Gasteiger partial charge is 0.131 e. The first kappa shape index (κ1) is 14.9. The average Bonchev–Trinajstić information content (AvgIpc) is 2.84. The third kappa shape index (κ3) is 5.18. The van der Waals surface area contributed by atoms with Crippen molar-refractivity contribution in [1.29, 1.82) is 0 Å². The molecule has 19 heavy (non-hydrogen) atoms. The first-order valence-electron chi connectivity index (χ1n) is 5.61. The number of benzene rings is 1. The number of halogens is 1. The van der Waals surface area contributed by atoms with Gasteiger partial charge in [0.2, 0.25) is 0 Å². The Balaban J connectivity index is 1.86. The molecule has 2 nitrogen and oxygen atoms in total. The zero-order valence-corrected chi connectivity index (χ0v) is 13.6. The van der Waals surface area contributed by atoms with E-state index in [1.807, 2.05) is 31.2 Å². The summed E-state index contributed by atoms with van der Waals surface area (Å²) in [6.07, 6.45) is 0. The van der Waals surface area contributed by atoms with E-state index in [4.69, 9.17) is 11.6 Å². The lowest BCUT2D eigenvalue weighted by molar-refractivity contribution is 0.955. The largest absolute Gasteiger partial charge is 0.175 e. The van der Waals surface area contributed by atoms with Crippen molar-refractivity contribution in [3.63, 3.8) is 0 Å². The van der Waals surface area contributed by atoms with E-state index in [-0.39, 0.29) is 0 Å². The minimum atomic E-state index is 0.767. The highest BCUT2D eigenvalue weighted by atomic mass is 35.5. The number of hydrogen-bond donors (Lipinski definition) is 0. The summed E-state index contributed by atoms with van der Waals surface area (Å²) in [4.78, 5) is 0. The van der Waals surface area contributed by atoms with E-state index >= 15 is 0 Å². The minimum Gasteiger partial charge on any atom is -0.131 e. The van der Waals surface area contributed by atoms with Crippen molar-refractivity contribution in [2.24, 2.45) is 0 Å². The first-order valence-corrected chi connectivity index (χ1v) is 8.78. The van der Waals surface area contributed by atoms with E-state index in [9.17, 15) is 0 Å². The SMILES string of the molecule is C=C(C)CSc1nnc(SCc2ccc(Cl)cc2)s1. The topological polar surface area (TPSA) is 25.8 Å². The maximum absolute atomic E-state index is 5.86. The van der Waals surface area contributed by atoms with Crippen LogP contribution >= 0.6 is 46.5 Å². The van der Waals surface area contributed by atoms with Crippen molar-refractivity contribution >= 4 is 46.5 Å². The van der Waals surface area contributed by atoms with Gasteiger partial charge in [-0.05, 0) is 24.6 Å². The van der Waals surface area contributed by atoms with Crippen LogP contribution in [0.2, 0.25) is 5.02 Å². The minimum absolute atomic E-state index is 0.767. The summed E-state index contributed by atoms with van der Waals surface area (Å²) in [5, 5.41) is 9.11. The van der Waals surface area contributed by atoms with Crippen LogP contribution in [0.3, 0.4) is 0 Å². The Morgan fingerprint density at radius 1 is 1.21 bits per heavy atom. The average molecular weight is 329 g/mol. The molecule has 1 heterocycles. The van der Waals surface area contributed by atoms with Gasteiger partial charge in [0, 0.05) is 16.5 Å². The molecule has 0 fully saturated rings. The second kappa shape index (κ2) is 7.33. The number of thioether (sulfide) groups is 2. The Bertz CT molecular complexity index is 551. The highest BCUT2D eigenvalue weighted by molar-refractivity contribution is 8.03. The Hall–Kier alpha value is -0.490. The zero-order valence-electron chi connectivity index (χ0n) is 10.4. The van der Waals surface area contributed by atoms with E-state index in [2.05, 4.69) is 16.8 Å². The predicted molar refractivity (Wildman–Crippen MR) is 86.5 cm³/mol. The lowest BCUT2D eigenvalue weighted by Gasteiger charge is -1.98. The maximum atomic E-state index is 5.86. The van der Waals surface area contributed by atoms with E-state index in [0.717, 1.165) is 30.8 Å². The third-order valence-corrected chi connectivity index (χ3v) is 5.85. The van der Waals surface area contributed by atoms with Crippen LogP contribution in [0.4, 0.5) is 0 Å². The number of aromatic nitrogens is 2. The van der Waals surface area contributed by atoms with Crippen molar-refractivity contribution < 1.29 is 0 Å². The second-order valence-corrected chi connectivity index (χ2v) is 7.85. The van der Waals surface area contributed by atoms with Gasteiger partial charge >= 0.3 is 0 Å². The van der Waals surface area contributed by atoms with Crippen LogP contribution in [0.1, 0.15) is 12.5 Å².